The van der Waals surface area contributed by atoms with E-state index in [0.717, 1.165) is 35.4 Å². The van der Waals surface area contributed by atoms with Gasteiger partial charge in [-0.3, -0.25) is 0 Å². The molecule has 0 unspecified atom stereocenters. The minimum Gasteiger partial charge on any atom is -0.317 e. The van der Waals surface area contributed by atoms with Gasteiger partial charge in [-0.2, -0.15) is 46.6 Å². The van der Waals surface area contributed by atoms with Crippen molar-refractivity contribution in [2.24, 2.45) is 7.05 Å². The van der Waals surface area contributed by atoms with Crippen molar-refractivity contribution in [3.8, 4) is 17.4 Å². The fraction of sp³-hybridized carbons (Fsp3) is 0.135. The summed E-state index contributed by atoms with van der Waals surface area (Å²) in [6.45, 7) is 12.0. The number of rotatable bonds is 2. The van der Waals surface area contributed by atoms with Crippen LogP contribution in [-0.4, -0.2) is 24.1 Å². The molecule has 3 heterocycles. The fourth-order valence-electron chi connectivity index (χ4n) is 6.92. The van der Waals surface area contributed by atoms with Crippen molar-refractivity contribution in [1.29, 1.82) is 5.26 Å². The van der Waals surface area contributed by atoms with Crippen LogP contribution in [0.2, 0.25) is 0 Å². The Labute approximate surface area is 278 Å². The van der Waals surface area contributed by atoms with Gasteiger partial charge in [-0.25, -0.2) is 4.85 Å². The van der Waals surface area contributed by atoms with Crippen molar-refractivity contribution >= 4 is 60.3 Å². The second-order valence-corrected chi connectivity index (χ2v) is 12.2. The summed E-state index contributed by atoms with van der Waals surface area (Å²) in [4.78, 5) is 5.01. The highest BCUT2D eigenvalue weighted by atomic mass is 19.4. The van der Waals surface area contributed by atoms with Crippen molar-refractivity contribution < 1.29 is 26.3 Å². The Balaban J connectivity index is 1.70. The molecule has 3 aromatic heterocycles. The standard InChI is InChI=1S/C37H21F6N7/c1-18-5-9-22-24-11-7-20(36(38,39)40)15-29(24)49(27(22)13-18)34-26(17-44)31-32(47-48(4)46-31)33(45-3)35(34)50-28-14-19(2)6-10-23(28)25-12-8-21(16-30(25)50)37(41,42)43/h5-16H,1-2,4H3. The van der Waals surface area contributed by atoms with E-state index in [1.807, 2.05) is 0 Å². The van der Waals surface area contributed by atoms with Crippen molar-refractivity contribution in [2.75, 3.05) is 0 Å². The first kappa shape index (κ1) is 31.0. The summed E-state index contributed by atoms with van der Waals surface area (Å²) in [6, 6.07) is 19.4. The molecule has 0 N–H and O–H groups in total. The van der Waals surface area contributed by atoms with Crippen LogP contribution in [0.25, 0.3) is 70.9 Å². The molecule has 246 valence electrons. The number of fused-ring (bicyclic) bond motifs is 7. The van der Waals surface area contributed by atoms with E-state index < -0.39 is 23.5 Å². The zero-order valence-corrected chi connectivity index (χ0v) is 26.3. The maximum absolute atomic E-state index is 14.3. The quantitative estimate of drug-likeness (QED) is 0.135. The van der Waals surface area contributed by atoms with Gasteiger partial charge in [0.15, 0.2) is 0 Å². The summed E-state index contributed by atoms with van der Waals surface area (Å²) in [5, 5.41) is 21.6. The average molecular weight is 678 g/mol. The Morgan fingerprint density at radius 2 is 1.06 bits per heavy atom. The molecule has 0 spiro atoms. The number of aromatic nitrogens is 5. The molecule has 0 bridgehead atoms. The summed E-state index contributed by atoms with van der Waals surface area (Å²) in [5.74, 6) is 0. The van der Waals surface area contributed by atoms with Gasteiger partial charge in [-0.1, -0.05) is 36.4 Å². The normalized spacial score (nSPS) is 12.5. The molecule has 0 aliphatic heterocycles. The van der Waals surface area contributed by atoms with Gasteiger partial charge in [-0.05, 0) is 61.4 Å². The first-order valence-electron chi connectivity index (χ1n) is 15.1. The number of benzene rings is 5. The molecule has 0 amide bonds. The Kier molecular flexibility index (Phi) is 6.40. The van der Waals surface area contributed by atoms with Crippen LogP contribution >= 0.6 is 0 Å². The summed E-state index contributed by atoms with van der Waals surface area (Å²) < 4.78 is 88.5. The van der Waals surface area contributed by atoms with Gasteiger partial charge in [0.2, 0.25) is 5.69 Å². The topological polar surface area (TPSA) is 68.7 Å². The van der Waals surface area contributed by atoms with Crippen molar-refractivity contribution in [3.05, 3.63) is 112 Å². The first-order chi connectivity index (χ1) is 23.7. The monoisotopic (exact) mass is 677 g/mol. The van der Waals surface area contributed by atoms with Crippen LogP contribution < -0.4 is 0 Å². The molecule has 8 aromatic rings. The van der Waals surface area contributed by atoms with E-state index in [0.29, 0.717) is 32.6 Å². The Morgan fingerprint density at radius 3 is 1.50 bits per heavy atom. The summed E-state index contributed by atoms with van der Waals surface area (Å²) >= 11 is 0. The van der Waals surface area contributed by atoms with Gasteiger partial charge in [0.05, 0.1) is 51.1 Å². The number of hydrogen-bond acceptors (Lipinski definition) is 3. The number of hydrogen-bond donors (Lipinski definition) is 0. The van der Waals surface area contributed by atoms with E-state index >= 15 is 0 Å². The van der Waals surface area contributed by atoms with Gasteiger partial charge in [0.1, 0.15) is 22.7 Å². The molecule has 0 saturated heterocycles. The first-order valence-corrected chi connectivity index (χ1v) is 15.1. The molecule has 5 aromatic carbocycles. The second-order valence-electron chi connectivity index (χ2n) is 12.2. The van der Waals surface area contributed by atoms with E-state index in [9.17, 15) is 31.6 Å². The van der Waals surface area contributed by atoms with Gasteiger partial charge in [0, 0.05) is 28.6 Å². The lowest BCUT2D eigenvalue weighted by Gasteiger charge is -2.20. The third-order valence-corrected chi connectivity index (χ3v) is 9.03. The molecule has 0 atom stereocenters. The highest BCUT2D eigenvalue weighted by molar-refractivity contribution is 6.15. The maximum atomic E-state index is 14.3. The van der Waals surface area contributed by atoms with Gasteiger partial charge >= 0.3 is 12.4 Å². The smallest absolute Gasteiger partial charge is 0.317 e. The maximum Gasteiger partial charge on any atom is 0.416 e. The van der Waals surface area contributed by atoms with Crippen molar-refractivity contribution in [3.63, 3.8) is 0 Å². The van der Waals surface area contributed by atoms with Crippen molar-refractivity contribution in [1.82, 2.24) is 24.1 Å². The third kappa shape index (κ3) is 4.36. The van der Waals surface area contributed by atoms with Gasteiger partial charge < -0.3 is 9.13 Å². The van der Waals surface area contributed by atoms with Crippen molar-refractivity contribution in [2.45, 2.75) is 26.2 Å². The highest BCUT2D eigenvalue weighted by Gasteiger charge is 2.35. The molecule has 0 aliphatic rings. The molecule has 0 saturated carbocycles. The highest BCUT2D eigenvalue weighted by Crippen LogP contribution is 2.47. The Hall–Kier alpha value is -6.34. The SMILES string of the molecule is [C-]#[N+]c1c(-n2c3cc(C)ccc3c3ccc(C(F)(F)F)cc32)c(-n2c3cc(C)ccc3c3ccc(C(F)(F)F)cc32)c(C#N)c2nn(C)nc12. The van der Waals surface area contributed by atoms with Gasteiger partial charge in [-0.15, -0.1) is 0 Å². The lowest BCUT2D eigenvalue weighted by atomic mass is 10.1. The Bertz CT molecular complexity index is 2660. The van der Waals surface area contributed by atoms with E-state index in [1.165, 1.54) is 33.1 Å². The predicted molar refractivity (Wildman–Crippen MR) is 178 cm³/mol. The van der Waals surface area contributed by atoms with Crippen LogP contribution in [0.3, 0.4) is 0 Å². The van der Waals surface area contributed by atoms with E-state index in [-0.39, 0.29) is 44.7 Å². The molecule has 7 nitrogen and oxygen atoms in total. The molecule has 8 rings (SSSR count). The molecular formula is C37H21F6N7. The minimum absolute atomic E-state index is 0.0142. The summed E-state index contributed by atoms with van der Waals surface area (Å²) in [5.41, 5.74) is 0.338. The number of alkyl halides is 6. The van der Waals surface area contributed by atoms with Crippen LogP contribution in [0.15, 0.2) is 72.8 Å². The molecule has 13 heteroatoms. The largest absolute Gasteiger partial charge is 0.416 e. The molecule has 0 radical (unpaired) electrons. The zero-order valence-electron chi connectivity index (χ0n) is 26.3. The molecular weight excluding hydrogens is 656 g/mol. The number of halogens is 6. The predicted octanol–water partition coefficient (Wildman–Crippen LogP) is 10.2. The summed E-state index contributed by atoms with van der Waals surface area (Å²) in [7, 11) is 1.49. The van der Waals surface area contributed by atoms with Crippen LogP contribution in [0.4, 0.5) is 32.0 Å². The summed E-state index contributed by atoms with van der Waals surface area (Å²) in [6.07, 6.45) is -9.44. The van der Waals surface area contributed by atoms with Crippen LogP contribution in [0.5, 0.6) is 0 Å². The zero-order chi connectivity index (χ0) is 35.4. The minimum atomic E-state index is -4.72. The van der Waals surface area contributed by atoms with Crippen LogP contribution in [-0.2, 0) is 19.4 Å². The van der Waals surface area contributed by atoms with Crippen LogP contribution in [0, 0.1) is 31.8 Å². The third-order valence-electron chi connectivity index (χ3n) is 9.03. The van der Waals surface area contributed by atoms with E-state index in [4.69, 9.17) is 6.57 Å². The number of nitrogens with zero attached hydrogens (tertiary/aromatic N) is 7. The fourth-order valence-corrected chi connectivity index (χ4v) is 6.92. The Morgan fingerprint density at radius 1 is 0.640 bits per heavy atom. The molecule has 0 fully saturated rings. The van der Waals surface area contributed by atoms with E-state index in [2.05, 4.69) is 21.1 Å². The van der Waals surface area contributed by atoms with E-state index in [1.54, 1.807) is 50.2 Å². The lowest BCUT2D eigenvalue weighted by molar-refractivity contribution is -0.138. The van der Waals surface area contributed by atoms with Crippen LogP contribution in [0.1, 0.15) is 27.8 Å². The number of aryl methyl sites for hydroxylation is 3. The second kappa shape index (κ2) is 10.3. The lowest BCUT2D eigenvalue weighted by Crippen LogP contribution is -2.09. The van der Waals surface area contributed by atoms with Gasteiger partial charge in [0.25, 0.3) is 0 Å². The number of nitriles is 1. The molecule has 50 heavy (non-hydrogen) atoms. The molecule has 0 aliphatic carbocycles. The average Bonchev–Trinajstić information content (AvgIpc) is 3.70.